The van der Waals surface area contributed by atoms with Gasteiger partial charge >= 0.3 is 0 Å². The minimum absolute atomic E-state index is 0.0703. The number of H-pyrrole nitrogens is 1. The van der Waals surface area contributed by atoms with Crippen LogP contribution in [-0.4, -0.2) is 41.9 Å². The second-order valence-corrected chi connectivity index (χ2v) is 8.22. The fraction of sp³-hybridized carbons (Fsp3) is 0.318. The highest BCUT2D eigenvalue weighted by Crippen LogP contribution is 2.36. The number of imidazole rings is 2. The Morgan fingerprint density at radius 1 is 1.14 bits per heavy atom. The Bertz CT molecular complexity index is 1200. The zero-order valence-electron chi connectivity index (χ0n) is 16.0. The summed E-state index contributed by atoms with van der Waals surface area (Å²) < 4.78 is 4.06. The first-order valence-corrected chi connectivity index (χ1v) is 10.1. The van der Waals surface area contributed by atoms with E-state index in [0.29, 0.717) is 23.2 Å². The average molecular weight is 386 g/mol. The lowest BCUT2D eigenvalue weighted by molar-refractivity contribution is 0.113. The maximum atomic E-state index is 13.1. The lowest BCUT2D eigenvalue weighted by atomic mass is 9.83. The van der Waals surface area contributed by atoms with Crippen LogP contribution in [0.5, 0.6) is 0 Å². The van der Waals surface area contributed by atoms with Crippen molar-refractivity contribution in [3.05, 3.63) is 76.9 Å². The van der Waals surface area contributed by atoms with Gasteiger partial charge in [0.1, 0.15) is 11.5 Å². The second kappa shape index (κ2) is 6.42. The van der Waals surface area contributed by atoms with Crippen molar-refractivity contribution in [1.29, 1.82) is 0 Å². The fourth-order valence-electron chi connectivity index (χ4n) is 5.06. The molecule has 0 amide bonds. The van der Waals surface area contributed by atoms with Crippen molar-refractivity contribution in [2.24, 2.45) is 5.92 Å². The molecule has 4 aromatic heterocycles. The number of nitrogens with one attached hydrogen (secondary N) is 1. The molecule has 146 valence electrons. The smallest absolute Gasteiger partial charge is 0.261 e. The molecule has 0 spiro atoms. The molecule has 1 N–H and O–H groups in total. The second-order valence-electron chi connectivity index (χ2n) is 8.22. The number of pyridine rings is 2. The first-order valence-electron chi connectivity index (χ1n) is 10.1. The summed E-state index contributed by atoms with van der Waals surface area (Å²) in [6.07, 6.45) is 8.75. The topological polar surface area (TPSA) is 71.2 Å². The van der Waals surface area contributed by atoms with Gasteiger partial charge in [0.05, 0.1) is 11.3 Å². The molecule has 1 fully saturated rings. The fourth-order valence-corrected chi connectivity index (χ4v) is 5.06. The van der Waals surface area contributed by atoms with E-state index in [0.717, 1.165) is 49.6 Å². The van der Waals surface area contributed by atoms with Gasteiger partial charge in [0.25, 0.3) is 5.56 Å². The summed E-state index contributed by atoms with van der Waals surface area (Å²) in [5, 5.41) is 0. The lowest BCUT2D eigenvalue weighted by Gasteiger charge is -2.42. The number of hydrogen-bond acceptors (Lipinski definition) is 4. The van der Waals surface area contributed by atoms with E-state index >= 15 is 0 Å². The molecule has 2 atom stereocenters. The Labute approximate surface area is 167 Å². The monoisotopic (exact) mass is 386 g/mol. The Kier molecular flexibility index (Phi) is 3.70. The van der Waals surface area contributed by atoms with Crippen LogP contribution in [0.1, 0.15) is 23.7 Å². The summed E-state index contributed by atoms with van der Waals surface area (Å²) in [7, 11) is 0. The molecule has 0 radical (unpaired) electrons. The van der Waals surface area contributed by atoms with Crippen LogP contribution >= 0.6 is 0 Å². The van der Waals surface area contributed by atoms with Gasteiger partial charge in [-0.05, 0) is 36.6 Å². The molecule has 6 rings (SSSR count). The molecule has 7 heteroatoms. The molecule has 0 saturated carbocycles. The normalized spacial score (nSPS) is 21.4. The number of rotatable bonds is 3. The van der Waals surface area contributed by atoms with E-state index < -0.39 is 0 Å². The highest BCUT2D eigenvalue weighted by molar-refractivity contribution is 5.53. The standard InChI is InChI=1S/C22H22N6O/c29-22-18(21-23-6-7-24-21)4-5-19-16-9-15(11-28(19)22)10-26(12-16)13-17-14-27-8-2-1-3-20(27)25-17/h1-8,14-16H,9-13H2,(H,23,24)/t15-,16+/m0/s1. The van der Waals surface area contributed by atoms with Gasteiger partial charge in [-0.15, -0.1) is 0 Å². The maximum Gasteiger partial charge on any atom is 0.261 e. The van der Waals surface area contributed by atoms with Crippen LogP contribution < -0.4 is 5.56 Å². The van der Waals surface area contributed by atoms with Crippen LogP contribution in [0.15, 0.2) is 59.9 Å². The van der Waals surface area contributed by atoms with Crippen molar-refractivity contribution in [3.63, 3.8) is 0 Å². The highest BCUT2D eigenvalue weighted by Gasteiger charge is 2.35. The zero-order valence-corrected chi connectivity index (χ0v) is 16.0. The van der Waals surface area contributed by atoms with Gasteiger partial charge in [-0.3, -0.25) is 9.69 Å². The van der Waals surface area contributed by atoms with Crippen LogP contribution in [-0.2, 0) is 13.1 Å². The first kappa shape index (κ1) is 16.7. The van der Waals surface area contributed by atoms with Crippen LogP contribution in [0.3, 0.4) is 0 Å². The van der Waals surface area contributed by atoms with Gasteiger partial charge in [-0.1, -0.05) is 6.07 Å². The molecule has 1 saturated heterocycles. The summed E-state index contributed by atoms with van der Waals surface area (Å²) in [6.45, 7) is 3.59. The summed E-state index contributed by atoms with van der Waals surface area (Å²) in [6, 6.07) is 10.1. The largest absolute Gasteiger partial charge is 0.344 e. The number of hydrogen-bond donors (Lipinski definition) is 1. The molecule has 2 aliphatic heterocycles. The number of nitrogens with zero attached hydrogens (tertiary/aromatic N) is 5. The molecular weight excluding hydrogens is 364 g/mol. The number of fused-ring (bicyclic) bond motifs is 5. The average Bonchev–Trinajstić information content (AvgIpc) is 3.38. The molecule has 29 heavy (non-hydrogen) atoms. The molecule has 0 aromatic carbocycles. The molecular formula is C22H22N6O. The maximum absolute atomic E-state index is 13.1. The van der Waals surface area contributed by atoms with E-state index in [1.54, 1.807) is 12.4 Å². The molecule has 2 aliphatic rings. The summed E-state index contributed by atoms with van der Waals surface area (Å²) in [5.41, 5.74) is 3.96. The summed E-state index contributed by atoms with van der Waals surface area (Å²) in [4.78, 5) is 27.7. The van der Waals surface area contributed by atoms with E-state index in [9.17, 15) is 4.79 Å². The zero-order chi connectivity index (χ0) is 19.4. The van der Waals surface area contributed by atoms with E-state index in [1.165, 1.54) is 0 Å². The van der Waals surface area contributed by atoms with Crippen molar-refractivity contribution in [2.45, 2.75) is 25.4 Å². The SMILES string of the molecule is O=c1c(-c2ncc[nH]2)ccc2n1C[C@H]1C[C@@H]2CN(Cc2cn3ccccc3n2)C1. The number of aromatic nitrogens is 5. The van der Waals surface area contributed by atoms with Crippen molar-refractivity contribution in [2.75, 3.05) is 13.1 Å². The van der Waals surface area contributed by atoms with E-state index in [-0.39, 0.29) is 5.56 Å². The van der Waals surface area contributed by atoms with Gasteiger partial charge < -0.3 is 14.0 Å². The molecule has 0 unspecified atom stereocenters. The van der Waals surface area contributed by atoms with Gasteiger partial charge in [0, 0.05) is 62.6 Å². The van der Waals surface area contributed by atoms with E-state index in [2.05, 4.69) is 31.5 Å². The first-order chi connectivity index (χ1) is 14.2. The van der Waals surface area contributed by atoms with Crippen molar-refractivity contribution in [1.82, 2.24) is 28.8 Å². The van der Waals surface area contributed by atoms with Gasteiger partial charge in [0.2, 0.25) is 0 Å². The lowest BCUT2D eigenvalue weighted by Crippen LogP contribution is -2.47. The Hall–Kier alpha value is -3.19. The summed E-state index contributed by atoms with van der Waals surface area (Å²) in [5.74, 6) is 1.52. The predicted molar refractivity (Wildman–Crippen MR) is 110 cm³/mol. The van der Waals surface area contributed by atoms with Crippen molar-refractivity contribution < 1.29 is 0 Å². The quantitative estimate of drug-likeness (QED) is 0.587. The Morgan fingerprint density at radius 2 is 2.10 bits per heavy atom. The van der Waals surface area contributed by atoms with Crippen molar-refractivity contribution >= 4 is 5.65 Å². The minimum Gasteiger partial charge on any atom is -0.344 e. The molecule has 0 aliphatic carbocycles. The van der Waals surface area contributed by atoms with E-state index in [4.69, 9.17) is 4.98 Å². The third-order valence-corrected chi connectivity index (χ3v) is 6.23. The molecule has 4 aromatic rings. The predicted octanol–water partition coefficient (Wildman–Crippen LogP) is 2.51. The van der Waals surface area contributed by atoms with Gasteiger partial charge in [-0.25, -0.2) is 9.97 Å². The van der Waals surface area contributed by atoms with Crippen molar-refractivity contribution in [3.8, 4) is 11.4 Å². The van der Waals surface area contributed by atoms with Crippen LogP contribution in [0, 0.1) is 5.92 Å². The highest BCUT2D eigenvalue weighted by atomic mass is 16.1. The van der Waals surface area contributed by atoms with Crippen LogP contribution in [0.2, 0.25) is 0 Å². The van der Waals surface area contributed by atoms with Crippen LogP contribution in [0.25, 0.3) is 17.0 Å². The number of piperidine rings is 1. The third kappa shape index (κ3) is 2.81. The summed E-state index contributed by atoms with van der Waals surface area (Å²) >= 11 is 0. The molecule has 6 heterocycles. The Morgan fingerprint density at radius 3 is 2.97 bits per heavy atom. The molecule has 2 bridgehead atoms. The molecule has 7 nitrogen and oxygen atoms in total. The Balaban J connectivity index is 1.28. The van der Waals surface area contributed by atoms with E-state index in [1.807, 2.05) is 35.0 Å². The third-order valence-electron chi connectivity index (χ3n) is 6.23. The minimum atomic E-state index is 0.0703. The van der Waals surface area contributed by atoms with Gasteiger partial charge in [-0.2, -0.15) is 0 Å². The number of likely N-dealkylation sites (tertiary alicyclic amines) is 1. The number of aromatic amines is 1. The van der Waals surface area contributed by atoms with Crippen LogP contribution in [0.4, 0.5) is 0 Å². The van der Waals surface area contributed by atoms with Gasteiger partial charge in [0.15, 0.2) is 0 Å².